The lowest BCUT2D eigenvalue weighted by molar-refractivity contribution is -0.391. The van der Waals surface area contributed by atoms with Crippen molar-refractivity contribution < 1.29 is 36.5 Å². The van der Waals surface area contributed by atoms with Crippen LogP contribution in [0.3, 0.4) is 0 Å². The molecule has 0 N–H and O–H groups in total. The maximum Gasteiger partial charge on any atom is 0.507 e. The molecule has 0 saturated carbocycles. The maximum absolute atomic E-state index is 13.7. The average Bonchev–Trinajstić information content (AvgIpc) is 2.63. The molecule has 144 valence electrons. The number of ether oxygens (including phenoxy) is 4. The second-order valence-corrected chi connectivity index (χ2v) is 5.67. The molecule has 1 heterocycles. The standard InChI is InChI=1S/C19H16F4O4/c1-4-14(11-8-12(24-2)10-13(9-11)25-3)15-6-5-7-16-17(15)27-19(22,23)18(20,21)26-16/h4-10H,1-3H3/b14-4-. The van der Waals surface area contributed by atoms with E-state index in [9.17, 15) is 17.6 Å². The first-order valence-corrected chi connectivity index (χ1v) is 7.89. The first kappa shape index (κ1) is 18.9. The van der Waals surface area contributed by atoms with Gasteiger partial charge in [-0.05, 0) is 36.3 Å². The number of halogens is 4. The number of benzene rings is 2. The van der Waals surface area contributed by atoms with Gasteiger partial charge >= 0.3 is 12.2 Å². The number of alkyl halides is 4. The van der Waals surface area contributed by atoms with Crippen LogP contribution >= 0.6 is 0 Å². The maximum atomic E-state index is 13.7. The molecule has 0 unspecified atom stereocenters. The van der Waals surface area contributed by atoms with Crippen LogP contribution < -0.4 is 18.9 Å². The zero-order chi connectivity index (χ0) is 19.8. The first-order valence-electron chi connectivity index (χ1n) is 7.89. The summed E-state index contributed by atoms with van der Waals surface area (Å²) in [7, 11) is 2.94. The Labute approximate surface area is 152 Å². The molecule has 0 radical (unpaired) electrons. The van der Waals surface area contributed by atoms with Crippen molar-refractivity contribution in [2.75, 3.05) is 14.2 Å². The quantitative estimate of drug-likeness (QED) is 0.687. The molecule has 0 spiro atoms. The third-order valence-electron chi connectivity index (χ3n) is 4.03. The lowest BCUT2D eigenvalue weighted by atomic mass is 9.96. The Kier molecular flexibility index (Phi) is 4.67. The van der Waals surface area contributed by atoms with E-state index in [0.717, 1.165) is 6.07 Å². The summed E-state index contributed by atoms with van der Waals surface area (Å²) < 4.78 is 73.3. The van der Waals surface area contributed by atoms with E-state index in [0.29, 0.717) is 22.6 Å². The predicted octanol–water partition coefficient (Wildman–Crippen LogP) is 5.11. The largest absolute Gasteiger partial charge is 0.507 e. The normalized spacial score (nSPS) is 17.4. The first-order chi connectivity index (χ1) is 12.7. The molecule has 0 saturated heterocycles. The van der Waals surface area contributed by atoms with Crippen LogP contribution in [0.1, 0.15) is 18.1 Å². The average molecular weight is 384 g/mol. The molecule has 0 amide bonds. The number of fused-ring (bicyclic) bond motifs is 1. The molecule has 1 aliphatic rings. The van der Waals surface area contributed by atoms with Gasteiger partial charge in [0, 0.05) is 11.6 Å². The molecular formula is C19H16F4O4. The van der Waals surface area contributed by atoms with Crippen LogP contribution in [0, 0.1) is 0 Å². The summed E-state index contributed by atoms with van der Waals surface area (Å²) in [6, 6.07) is 9.00. The molecule has 0 atom stereocenters. The van der Waals surface area contributed by atoms with Crippen molar-refractivity contribution >= 4 is 5.57 Å². The van der Waals surface area contributed by atoms with Crippen LogP contribution in [0.15, 0.2) is 42.5 Å². The van der Waals surface area contributed by atoms with Gasteiger partial charge in [-0.15, -0.1) is 0 Å². The van der Waals surface area contributed by atoms with Gasteiger partial charge in [0.15, 0.2) is 11.5 Å². The van der Waals surface area contributed by atoms with Crippen LogP contribution in [-0.4, -0.2) is 26.4 Å². The van der Waals surface area contributed by atoms with E-state index >= 15 is 0 Å². The lowest BCUT2D eigenvalue weighted by Gasteiger charge is -2.33. The van der Waals surface area contributed by atoms with Crippen molar-refractivity contribution in [3.63, 3.8) is 0 Å². The van der Waals surface area contributed by atoms with Crippen LogP contribution in [0.25, 0.3) is 5.57 Å². The SMILES string of the molecule is C/C=C(/c1cc(OC)cc(OC)c1)c1cccc2c1OC(F)(F)C(F)(F)O2. The fourth-order valence-corrected chi connectivity index (χ4v) is 2.74. The van der Waals surface area contributed by atoms with Crippen molar-refractivity contribution in [3.05, 3.63) is 53.6 Å². The Balaban J connectivity index is 2.15. The van der Waals surface area contributed by atoms with Gasteiger partial charge < -0.3 is 18.9 Å². The van der Waals surface area contributed by atoms with Crippen molar-refractivity contribution in [2.45, 2.75) is 19.1 Å². The summed E-state index contributed by atoms with van der Waals surface area (Å²) in [4.78, 5) is 0. The van der Waals surface area contributed by atoms with Gasteiger partial charge in [0.1, 0.15) is 11.5 Å². The summed E-state index contributed by atoms with van der Waals surface area (Å²) in [5, 5.41) is 0. The van der Waals surface area contributed by atoms with E-state index < -0.39 is 23.7 Å². The molecule has 8 heteroatoms. The van der Waals surface area contributed by atoms with Gasteiger partial charge in [0.25, 0.3) is 0 Å². The second-order valence-electron chi connectivity index (χ2n) is 5.67. The number of hydrogen-bond acceptors (Lipinski definition) is 4. The molecule has 0 aliphatic carbocycles. The minimum Gasteiger partial charge on any atom is -0.497 e. The van der Waals surface area contributed by atoms with Crippen molar-refractivity contribution in [1.29, 1.82) is 0 Å². The number of methoxy groups -OCH3 is 2. The minimum absolute atomic E-state index is 0.167. The van der Waals surface area contributed by atoms with E-state index in [4.69, 9.17) is 9.47 Å². The third-order valence-corrected chi connectivity index (χ3v) is 4.03. The number of rotatable bonds is 4. The topological polar surface area (TPSA) is 36.9 Å². The van der Waals surface area contributed by atoms with Crippen molar-refractivity contribution in [2.24, 2.45) is 0 Å². The summed E-state index contributed by atoms with van der Waals surface area (Å²) in [5.74, 6) is 0.00556. The van der Waals surface area contributed by atoms with Gasteiger partial charge in [-0.1, -0.05) is 18.2 Å². The van der Waals surface area contributed by atoms with E-state index in [2.05, 4.69) is 9.47 Å². The van der Waals surface area contributed by atoms with E-state index in [1.165, 1.54) is 26.4 Å². The second kappa shape index (κ2) is 6.68. The Bertz CT molecular complexity index is 871. The summed E-state index contributed by atoms with van der Waals surface area (Å²) in [6.07, 6.45) is -7.94. The Hall–Kier alpha value is -2.90. The molecule has 0 bridgehead atoms. The lowest BCUT2D eigenvalue weighted by Crippen LogP contribution is -2.52. The Morgan fingerprint density at radius 1 is 0.926 bits per heavy atom. The number of para-hydroxylation sites is 1. The highest BCUT2D eigenvalue weighted by atomic mass is 19.3. The van der Waals surface area contributed by atoms with Crippen LogP contribution in [-0.2, 0) is 0 Å². The number of allylic oxidation sites excluding steroid dienone is 1. The fourth-order valence-electron chi connectivity index (χ4n) is 2.74. The highest BCUT2D eigenvalue weighted by Gasteiger charge is 2.66. The fraction of sp³-hybridized carbons (Fsp3) is 0.263. The zero-order valence-corrected chi connectivity index (χ0v) is 14.7. The Morgan fingerprint density at radius 3 is 2.07 bits per heavy atom. The third kappa shape index (κ3) is 3.27. The van der Waals surface area contributed by atoms with Gasteiger partial charge in [-0.3, -0.25) is 0 Å². The highest BCUT2D eigenvalue weighted by Crippen LogP contribution is 2.50. The van der Waals surface area contributed by atoms with Crippen molar-refractivity contribution in [3.8, 4) is 23.0 Å². The molecule has 4 nitrogen and oxygen atoms in total. The summed E-state index contributed by atoms with van der Waals surface area (Å²) in [6.45, 7) is 1.68. The van der Waals surface area contributed by atoms with Gasteiger partial charge in [0.05, 0.1) is 14.2 Å². The summed E-state index contributed by atoms with van der Waals surface area (Å²) in [5.41, 5.74) is 1.18. The molecule has 2 aromatic carbocycles. The Morgan fingerprint density at radius 2 is 1.52 bits per heavy atom. The van der Waals surface area contributed by atoms with E-state index in [1.807, 2.05) is 0 Å². The van der Waals surface area contributed by atoms with E-state index in [1.54, 1.807) is 31.2 Å². The minimum atomic E-state index is -4.80. The van der Waals surface area contributed by atoms with E-state index in [-0.39, 0.29) is 5.56 Å². The van der Waals surface area contributed by atoms with Gasteiger partial charge in [0.2, 0.25) is 0 Å². The molecule has 0 fully saturated rings. The molecule has 3 rings (SSSR count). The summed E-state index contributed by atoms with van der Waals surface area (Å²) >= 11 is 0. The molecule has 0 aromatic heterocycles. The van der Waals surface area contributed by atoms with Gasteiger partial charge in [-0.25, -0.2) is 0 Å². The van der Waals surface area contributed by atoms with Crippen molar-refractivity contribution in [1.82, 2.24) is 0 Å². The molecule has 1 aliphatic heterocycles. The smallest absolute Gasteiger partial charge is 0.497 e. The molecule has 2 aromatic rings. The monoisotopic (exact) mass is 384 g/mol. The highest BCUT2D eigenvalue weighted by molar-refractivity contribution is 5.85. The van der Waals surface area contributed by atoms with Crippen LogP contribution in [0.2, 0.25) is 0 Å². The van der Waals surface area contributed by atoms with Crippen LogP contribution in [0.5, 0.6) is 23.0 Å². The molecule has 27 heavy (non-hydrogen) atoms. The van der Waals surface area contributed by atoms with Gasteiger partial charge in [-0.2, -0.15) is 17.6 Å². The molecular weight excluding hydrogens is 368 g/mol. The van der Waals surface area contributed by atoms with Crippen LogP contribution in [0.4, 0.5) is 17.6 Å². The number of hydrogen-bond donors (Lipinski definition) is 0. The zero-order valence-electron chi connectivity index (χ0n) is 14.7. The predicted molar refractivity (Wildman–Crippen MR) is 89.9 cm³/mol.